The maximum absolute atomic E-state index is 12.3. The van der Waals surface area contributed by atoms with Crippen LogP contribution in [0.15, 0.2) is 18.2 Å². The van der Waals surface area contributed by atoms with Gasteiger partial charge in [0, 0.05) is 24.8 Å². The molecule has 0 bridgehead atoms. The Morgan fingerprint density at radius 3 is 2.50 bits per heavy atom. The Hall–Kier alpha value is -2.04. The highest BCUT2D eigenvalue weighted by atomic mass is 16.2. The summed E-state index contributed by atoms with van der Waals surface area (Å²) >= 11 is 0. The molecular formula is C17H25N3O2. The van der Waals surface area contributed by atoms with Crippen LogP contribution in [0.3, 0.4) is 0 Å². The summed E-state index contributed by atoms with van der Waals surface area (Å²) < 4.78 is 0. The third kappa shape index (κ3) is 3.08. The number of hydrogen-bond acceptors (Lipinski definition) is 2. The molecule has 3 amide bonds. The topological polar surface area (TPSA) is 61.4 Å². The van der Waals surface area contributed by atoms with Gasteiger partial charge < -0.3 is 15.5 Å². The molecule has 22 heavy (non-hydrogen) atoms. The zero-order valence-corrected chi connectivity index (χ0v) is 14.2. The lowest BCUT2D eigenvalue weighted by atomic mass is 9.85. The summed E-state index contributed by atoms with van der Waals surface area (Å²) in [7, 11) is 1.80. The van der Waals surface area contributed by atoms with Crippen molar-refractivity contribution in [3.05, 3.63) is 29.3 Å². The standard InChI is InChI=1S/C17H25N3O2/c1-16(2,3)19-15(22)18-10-11-7-8-13-12(9-11)17(4,5)14(21)20(13)6/h7-9H,10H2,1-6H3,(H2,18,19,22). The van der Waals surface area contributed by atoms with Crippen LogP contribution in [0.4, 0.5) is 10.5 Å². The monoisotopic (exact) mass is 303 g/mol. The first-order valence-corrected chi connectivity index (χ1v) is 7.50. The number of rotatable bonds is 2. The Kier molecular flexibility index (Phi) is 3.94. The van der Waals surface area contributed by atoms with Gasteiger partial charge in [-0.3, -0.25) is 4.79 Å². The number of nitrogens with zero attached hydrogens (tertiary/aromatic N) is 1. The van der Waals surface area contributed by atoms with Crippen molar-refractivity contribution in [3.63, 3.8) is 0 Å². The van der Waals surface area contributed by atoms with E-state index >= 15 is 0 Å². The number of anilines is 1. The molecule has 1 heterocycles. The van der Waals surface area contributed by atoms with Gasteiger partial charge in [0.05, 0.1) is 5.41 Å². The van der Waals surface area contributed by atoms with Crippen molar-refractivity contribution < 1.29 is 9.59 Å². The van der Waals surface area contributed by atoms with E-state index in [4.69, 9.17) is 0 Å². The zero-order valence-electron chi connectivity index (χ0n) is 14.2. The second-order valence-corrected chi connectivity index (χ2v) is 7.40. The number of carbonyl (C=O) groups excluding carboxylic acids is 2. The molecule has 0 spiro atoms. The fourth-order valence-electron chi connectivity index (χ4n) is 2.70. The molecule has 0 saturated carbocycles. The van der Waals surface area contributed by atoms with E-state index < -0.39 is 5.41 Å². The Morgan fingerprint density at radius 1 is 1.27 bits per heavy atom. The average Bonchev–Trinajstić information content (AvgIpc) is 2.56. The molecule has 1 aromatic carbocycles. The fourth-order valence-corrected chi connectivity index (χ4v) is 2.70. The minimum absolute atomic E-state index is 0.0954. The van der Waals surface area contributed by atoms with Gasteiger partial charge >= 0.3 is 6.03 Å². The second-order valence-electron chi connectivity index (χ2n) is 7.40. The molecule has 0 fully saturated rings. The maximum atomic E-state index is 12.3. The van der Waals surface area contributed by atoms with E-state index in [1.165, 1.54) is 0 Å². The lowest BCUT2D eigenvalue weighted by molar-refractivity contribution is -0.121. The van der Waals surface area contributed by atoms with Crippen LogP contribution in [0.25, 0.3) is 0 Å². The van der Waals surface area contributed by atoms with Gasteiger partial charge in [-0.25, -0.2) is 4.79 Å². The van der Waals surface area contributed by atoms with Gasteiger partial charge in [0.15, 0.2) is 0 Å². The molecule has 1 aliphatic heterocycles. The molecule has 0 atom stereocenters. The van der Waals surface area contributed by atoms with Crippen molar-refractivity contribution in [3.8, 4) is 0 Å². The SMILES string of the molecule is CN1C(=O)C(C)(C)c2cc(CNC(=O)NC(C)(C)C)ccc21. The Morgan fingerprint density at radius 2 is 1.91 bits per heavy atom. The third-order valence-electron chi connectivity index (χ3n) is 3.88. The number of amides is 3. The summed E-state index contributed by atoms with van der Waals surface area (Å²) in [5.41, 5.74) is 2.15. The number of fused-ring (bicyclic) bond motifs is 1. The average molecular weight is 303 g/mol. The van der Waals surface area contributed by atoms with Gasteiger partial charge in [-0.1, -0.05) is 12.1 Å². The lowest BCUT2D eigenvalue weighted by Crippen LogP contribution is -2.46. The molecule has 5 nitrogen and oxygen atoms in total. The molecular weight excluding hydrogens is 278 g/mol. The van der Waals surface area contributed by atoms with Gasteiger partial charge in [-0.15, -0.1) is 0 Å². The first kappa shape index (κ1) is 16.3. The number of likely N-dealkylation sites (N-methyl/N-ethyl adjacent to an activating group) is 1. The van der Waals surface area contributed by atoms with Crippen molar-refractivity contribution in [2.24, 2.45) is 0 Å². The van der Waals surface area contributed by atoms with Crippen LogP contribution in [0.1, 0.15) is 45.7 Å². The fraction of sp³-hybridized carbons (Fsp3) is 0.529. The molecule has 120 valence electrons. The first-order valence-electron chi connectivity index (χ1n) is 7.50. The van der Waals surface area contributed by atoms with E-state index in [2.05, 4.69) is 10.6 Å². The molecule has 0 radical (unpaired) electrons. The van der Waals surface area contributed by atoms with E-state index in [0.717, 1.165) is 16.8 Å². The second kappa shape index (κ2) is 5.30. The first-order chi connectivity index (χ1) is 10.0. The van der Waals surface area contributed by atoms with Gasteiger partial charge in [0.2, 0.25) is 5.91 Å². The number of urea groups is 1. The normalized spacial score (nSPS) is 16.5. The van der Waals surface area contributed by atoms with Crippen LogP contribution in [-0.2, 0) is 16.8 Å². The van der Waals surface area contributed by atoms with Crippen LogP contribution < -0.4 is 15.5 Å². The summed E-state index contributed by atoms with van der Waals surface area (Å²) in [4.78, 5) is 25.8. The van der Waals surface area contributed by atoms with Gasteiger partial charge in [0.25, 0.3) is 0 Å². The number of nitrogens with one attached hydrogen (secondary N) is 2. The largest absolute Gasteiger partial charge is 0.334 e. The van der Waals surface area contributed by atoms with E-state index in [9.17, 15) is 9.59 Å². The van der Waals surface area contributed by atoms with Crippen LogP contribution in [-0.4, -0.2) is 24.5 Å². The van der Waals surface area contributed by atoms with Crippen LogP contribution in [0, 0.1) is 0 Å². The number of benzene rings is 1. The van der Waals surface area contributed by atoms with E-state index in [-0.39, 0.29) is 17.5 Å². The van der Waals surface area contributed by atoms with Crippen LogP contribution in [0.5, 0.6) is 0 Å². The summed E-state index contributed by atoms with van der Waals surface area (Å²) in [6.45, 7) is 10.1. The van der Waals surface area contributed by atoms with Crippen molar-refractivity contribution in [2.75, 3.05) is 11.9 Å². The summed E-state index contributed by atoms with van der Waals surface area (Å²) in [6, 6.07) is 5.70. The summed E-state index contributed by atoms with van der Waals surface area (Å²) in [5, 5.41) is 5.71. The minimum Gasteiger partial charge on any atom is -0.334 e. The molecule has 1 aliphatic rings. The maximum Gasteiger partial charge on any atom is 0.315 e. The highest BCUT2D eigenvalue weighted by molar-refractivity contribution is 6.07. The number of hydrogen-bond donors (Lipinski definition) is 2. The van der Waals surface area contributed by atoms with Gasteiger partial charge in [-0.2, -0.15) is 0 Å². The highest BCUT2D eigenvalue weighted by Crippen LogP contribution is 2.40. The van der Waals surface area contributed by atoms with Gasteiger partial charge in [-0.05, 0) is 51.8 Å². The van der Waals surface area contributed by atoms with Crippen LogP contribution in [0.2, 0.25) is 0 Å². The zero-order chi connectivity index (χ0) is 16.7. The predicted molar refractivity (Wildman–Crippen MR) is 88.0 cm³/mol. The van der Waals surface area contributed by atoms with Crippen molar-refractivity contribution in [1.29, 1.82) is 0 Å². The van der Waals surface area contributed by atoms with E-state index in [1.807, 2.05) is 52.8 Å². The Labute approximate surface area is 132 Å². The Balaban J connectivity index is 2.12. The molecule has 0 unspecified atom stereocenters. The summed E-state index contributed by atoms with van der Waals surface area (Å²) in [6.07, 6.45) is 0. The Bertz CT molecular complexity index is 615. The van der Waals surface area contributed by atoms with Crippen molar-refractivity contribution in [1.82, 2.24) is 10.6 Å². The highest BCUT2D eigenvalue weighted by Gasteiger charge is 2.42. The van der Waals surface area contributed by atoms with Gasteiger partial charge in [0.1, 0.15) is 0 Å². The predicted octanol–water partition coefficient (Wildman–Crippen LogP) is 2.54. The number of carbonyl (C=O) groups is 2. The lowest BCUT2D eigenvalue weighted by Gasteiger charge is -2.21. The molecule has 1 aromatic rings. The van der Waals surface area contributed by atoms with E-state index in [1.54, 1.807) is 11.9 Å². The molecule has 0 saturated heterocycles. The molecule has 5 heteroatoms. The van der Waals surface area contributed by atoms with Crippen molar-refractivity contribution in [2.45, 2.75) is 52.1 Å². The molecule has 2 rings (SSSR count). The molecule has 2 N–H and O–H groups in total. The smallest absolute Gasteiger partial charge is 0.315 e. The van der Waals surface area contributed by atoms with E-state index in [0.29, 0.717) is 6.54 Å². The molecule has 0 aliphatic carbocycles. The molecule has 0 aromatic heterocycles. The quantitative estimate of drug-likeness (QED) is 0.882. The van der Waals surface area contributed by atoms with Crippen molar-refractivity contribution >= 4 is 17.6 Å². The van der Waals surface area contributed by atoms with Crippen LogP contribution >= 0.6 is 0 Å². The summed E-state index contributed by atoms with van der Waals surface area (Å²) in [5.74, 6) is 0.0954. The minimum atomic E-state index is -0.520. The third-order valence-corrected chi connectivity index (χ3v) is 3.88.